The van der Waals surface area contributed by atoms with Crippen LogP contribution in [0.25, 0.3) is 0 Å². The third-order valence-corrected chi connectivity index (χ3v) is 6.53. The van der Waals surface area contributed by atoms with Crippen molar-refractivity contribution in [1.82, 2.24) is 15.5 Å². The number of hydrogen-bond donors (Lipinski definition) is 5. The third-order valence-electron chi connectivity index (χ3n) is 6.17. The van der Waals surface area contributed by atoms with Crippen molar-refractivity contribution in [1.29, 1.82) is 0 Å². The van der Waals surface area contributed by atoms with E-state index in [0.717, 1.165) is 11.1 Å². The molecule has 192 valence electrons. The summed E-state index contributed by atoms with van der Waals surface area (Å²) in [6.07, 6.45) is 1.52. The molecule has 0 aromatic heterocycles. The van der Waals surface area contributed by atoms with Gasteiger partial charge in [0.05, 0.1) is 6.04 Å². The van der Waals surface area contributed by atoms with Crippen molar-refractivity contribution in [3.63, 3.8) is 0 Å². The average molecular weight is 513 g/mol. The molecule has 3 amide bonds. The summed E-state index contributed by atoms with van der Waals surface area (Å²) >= 11 is 3.98. The predicted octanol–water partition coefficient (Wildman–Crippen LogP) is 0.774. The Morgan fingerprint density at radius 3 is 2.08 bits per heavy atom. The zero-order chi connectivity index (χ0) is 26.1. The lowest BCUT2D eigenvalue weighted by molar-refractivity contribution is -0.144. The molecule has 0 radical (unpaired) electrons. The van der Waals surface area contributed by atoms with E-state index in [0.29, 0.717) is 25.8 Å². The van der Waals surface area contributed by atoms with Gasteiger partial charge in [-0.05, 0) is 30.4 Å². The van der Waals surface area contributed by atoms with E-state index in [1.165, 1.54) is 4.90 Å². The van der Waals surface area contributed by atoms with E-state index in [1.54, 1.807) is 0 Å². The van der Waals surface area contributed by atoms with Gasteiger partial charge in [-0.3, -0.25) is 14.4 Å². The third kappa shape index (κ3) is 7.32. The van der Waals surface area contributed by atoms with Crippen molar-refractivity contribution in [2.24, 2.45) is 5.73 Å². The van der Waals surface area contributed by atoms with Gasteiger partial charge < -0.3 is 26.4 Å². The van der Waals surface area contributed by atoms with Crippen LogP contribution in [-0.4, -0.2) is 70.2 Å². The van der Waals surface area contributed by atoms with Crippen LogP contribution in [0.3, 0.4) is 0 Å². The van der Waals surface area contributed by atoms with E-state index in [4.69, 9.17) is 5.73 Å². The fraction of sp³-hybridized carbons (Fsp3) is 0.385. The van der Waals surface area contributed by atoms with Crippen molar-refractivity contribution in [3.05, 3.63) is 71.8 Å². The Morgan fingerprint density at radius 1 is 0.944 bits per heavy atom. The second kappa shape index (κ2) is 13.1. The van der Waals surface area contributed by atoms with Gasteiger partial charge in [-0.1, -0.05) is 60.7 Å². The van der Waals surface area contributed by atoms with Crippen molar-refractivity contribution in [3.8, 4) is 0 Å². The monoisotopic (exact) mass is 512 g/mol. The van der Waals surface area contributed by atoms with Gasteiger partial charge in [-0.25, -0.2) is 4.79 Å². The predicted molar refractivity (Wildman–Crippen MR) is 138 cm³/mol. The van der Waals surface area contributed by atoms with Crippen LogP contribution >= 0.6 is 12.6 Å². The number of hydrogen-bond acceptors (Lipinski definition) is 6. The molecule has 10 heteroatoms. The first kappa shape index (κ1) is 27.2. The number of nitrogens with one attached hydrogen (secondary N) is 2. The van der Waals surface area contributed by atoms with Crippen LogP contribution < -0.4 is 16.4 Å². The minimum Gasteiger partial charge on any atom is -0.480 e. The Bertz CT molecular complexity index is 1050. The van der Waals surface area contributed by atoms with Gasteiger partial charge >= 0.3 is 5.97 Å². The lowest BCUT2D eigenvalue weighted by atomic mass is 10.0. The number of nitrogens with two attached hydrogens (primary N) is 1. The number of benzene rings is 2. The molecular weight excluding hydrogens is 480 g/mol. The first-order chi connectivity index (χ1) is 17.3. The molecule has 0 spiro atoms. The molecule has 4 atom stereocenters. The summed E-state index contributed by atoms with van der Waals surface area (Å²) in [6, 6.07) is 14.8. The summed E-state index contributed by atoms with van der Waals surface area (Å²) in [5.41, 5.74) is 7.90. The maximum absolute atomic E-state index is 13.6. The number of aliphatic carboxylic acids is 1. The maximum atomic E-state index is 13.6. The highest BCUT2D eigenvalue weighted by Gasteiger charge is 2.39. The van der Waals surface area contributed by atoms with E-state index < -0.39 is 47.9 Å². The van der Waals surface area contributed by atoms with Gasteiger partial charge in [0.25, 0.3) is 0 Å². The molecule has 1 aliphatic rings. The molecule has 0 aliphatic carbocycles. The zero-order valence-electron chi connectivity index (χ0n) is 19.9. The fourth-order valence-corrected chi connectivity index (χ4v) is 4.49. The van der Waals surface area contributed by atoms with E-state index >= 15 is 0 Å². The first-order valence-corrected chi connectivity index (χ1v) is 12.5. The summed E-state index contributed by atoms with van der Waals surface area (Å²) < 4.78 is 0. The number of carbonyl (C=O) groups excluding carboxylic acids is 3. The van der Waals surface area contributed by atoms with E-state index in [9.17, 15) is 24.3 Å². The second-order valence-corrected chi connectivity index (χ2v) is 9.18. The molecule has 4 unspecified atom stereocenters. The molecule has 5 N–H and O–H groups in total. The molecule has 1 saturated heterocycles. The molecule has 9 nitrogen and oxygen atoms in total. The second-order valence-electron chi connectivity index (χ2n) is 8.82. The number of thiol groups is 1. The van der Waals surface area contributed by atoms with Crippen LogP contribution in [0.4, 0.5) is 0 Å². The quantitative estimate of drug-likeness (QED) is 0.282. The Balaban J connectivity index is 1.75. The Labute approximate surface area is 215 Å². The highest BCUT2D eigenvalue weighted by molar-refractivity contribution is 7.80. The molecular formula is C26H32N4O5S. The number of likely N-dealkylation sites (tertiary alicyclic amines) is 1. The molecule has 3 rings (SSSR count). The molecule has 2 aromatic carbocycles. The van der Waals surface area contributed by atoms with Crippen LogP contribution in [-0.2, 0) is 32.0 Å². The normalized spacial score (nSPS) is 17.6. The Kier molecular flexibility index (Phi) is 9.89. The summed E-state index contributed by atoms with van der Waals surface area (Å²) in [7, 11) is 0. The van der Waals surface area contributed by atoms with Crippen molar-refractivity contribution in [2.45, 2.75) is 49.9 Å². The average Bonchev–Trinajstić information content (AvgIpc) is 3.37. The number of nitrogens with zero attached hydrogens (tertiary/aromatic N) is 1. The number of carboxylic acids is 1. The van der Waals surface area contributed by atoms with E-state index in [1.807, 2.05) is 60.7 Å². The van der Waals surface area contributed by atoms with Crippen LogP contribution in [0, 0.1) is 0 Å². The van der Waals surface area contributed by atoms with Gasteiger partial charge in [0.2, 0.25) is 17.7 Å². The SMILES string of the molecule is NC(Cc1ccccc1)C(=O)NC(Cc1ccccc1)C(=O)N1CCCC1C(=O)NC(CS)C(=O)O. The van der Waals surface area contributed by atoms with Crippen molar-refractivity contribution in [2.75, 3.05) is 12.3 Å². The van der Waals surface area contributed by atoms with Gasteiger partial charge in [0.15, 0.2) is 0 Å². The Hall–Kier alpha value is -3.37. The topological polar surface area (TPSA) is 142 Å². The first-order valence-electron chi connectivity index (χ1n) is 11.9. The van der Waals surface area contributed by atoms with Crippen LogP contribution in [0.2, 0.25) is 0 Å². The van der Waals surface area contributed by atoms with Gasteiger partial charge in [0.1, 0.15) is 18.1 Å². The number of carbonyl (C=O) groups is 4. The van der Waals surface area contributed by atoms with Crippen molar-refractivity contribution < 1.29 is 24.3 Å². The highest BCUT2D eigenvalue weighted by atomic mass is 32.1. The Morgan fingerprint density at radius 2 is 1.53 bits per heavy atom. The van der Waals surface area contributed by atoms with E-state index in [-0.39, 0.29) is 12.2 Å². The minimum atomic E-state index is -1.20. The standard InChI is InChI=1S/C26H32N4O5S/c27-19(14-17-8-3-1-4-9-17)23(31)28-20(15-18-10-5-2-6-11-18)25(33)30-13-7-12-22(30)24(32)29-21(16-36)26(34)35/h1-6,8-11,19-22,36H,7,12-16,27H2,(H,28,31)(H,29,32)(H,34,35). The zero-order valence-corrected chi connectivity index (χ0v) is 20.8. The largest absolute Gasteiger partial charge is 0.480 e. The molecule has 0 bridgehead atoms. The number of rotatable bonds is 11. The molecule has 2 aromatic rings. The lowest BCUT2D eigenvalue weighted by Crippen LogP contribution is -2.57. The smallest absolute Gasteiger partial charge is 0.327 e. The summed E-state index contributed by atoms with van der Waals surface area (Å²) in [4.78, 5) is 52.2. The lowest BCUT2D eigenvalue weighted by Gasteiger charge is -2.30. The van der Waals surface area contributed by atoms with Crippen LogP contribution in [0.15, 0.2) is 60.7 Å². The number of amides is 3. The van der Waals surface area contributed by atoms with Gasteiger partial charge in [-0.15, -0.1) is 0 Å². The molecule has 0 saturated carbocycles. The fourth-order valence-electron chi connectivity index (χ4n) is 4.25. The van der Waals surface area contributed by atoms with E-state index in [2.05, 4.69) is 23.3 Å². The van der Waals surface area contributed by atoms with Crippen molar-refractivity contribution >= 4 is 36.3 Å². The van der Waals surface area contributed by atoms with Gasteiger partial charge in [0, 0.05) is 18.7 Å². The summed E-state index contributed by atoms with van der Waals surface area (Å²) in [5.74, 6) is -2.69. The highest BCUT2D eigenvalue weighted by Crippen LogP contribution is 2.20. The molecule has 1 aliphatic heterocycles. The minimum absolute atomic E-state index is 0.0757. The number of carboxylic acid groups (broad SMARTS) is 1. The van der Waals surface area contributed by atoms with Crippen LogP contribution in [0.5, 0.6) is 0 Å². The molecule has 36 heavy (non-hydrogen) atoms. The van der Waals surface area contributed by atoms with Gasteiger partial charge in [-0.2, -0.15) is 12.6 Å². The summed E-state index contributed by atoms with van der Waals surface area (Å²) in [5, 5.41) is 14.5. The summed E-state index contributed by atoms with van der Waals surface area (Å²) in [6.45, 7) is 0.326. The van der Waals surface area contributed by atoms with Crippen LogP contribution in [0.1, 0.15) is 24.0 Å². The molecule has 1 fully saturated rings. The maximum Gasteiger partial charge on any atom is 0.327 e. The molecule has 1 heterocycles.